The standard InChI is InChI=1S/C38H50N6O9S/c1-5-23-18-22(2)8-6-7-9-24-20-38(24,35(47)42-54(50,51)37(3)13-14-37)41-32(45)29-19-25(21-44(29)34(46)30(23)40-36(48)49)53-33-27-10-11-28-31(26(27)12-15-39-33)52-17-16-43(28)4/h7,9-12,15,22-25,29-30,40H,5-6,8,13-14,16-21H2,1-4H3,(H,41,45)(H,42,47)(H,48,49)/t22-,23+,24+,25+,29-,30-,38+/m0/s1. The van der Waals surface area contributed by atoms with Gasteiger partial charge in [-0.15, -0.1) is 0 Å². The number of hydrogen-bond acceptors (Lipinski definition) is 10. The van der Waals surface area contributed by atoms with Crippen molar-refractivity contribution in [2.24, 2.45) is 17.8 Å². The molecule has 7 atom stereocenters. The Bertz CT molecular complexity index is 1990. The van der Waals surface area contributed by atoms with Crippen LogP contribution in [0.1, 0.15) is 72.1 Å². The lowest BCUT2D eigenvalue weighted by atomic mass is 9.85. The van der Waals surface area contributed by atoms with Crippen LogP contribution in [0, 0.1) is 17.8 Å². The van der Waals surface area contributed by atoms with Crippen molar-refractivity contribution < 1.29 is 42.2 Å². The van der Waals surface area contributed by atoms with Gasteiger partial charge in [0.15, 0.2) is 5.75 Å². The Kier molecular flexibility index (Phi) is 9.94. The molecule has 2 saturated carbocycles. The number of ether oxygens (including phenoxy) is 2. The third kappa shape index (κ3) is 7.04. The van der Waals surface area contributed by atoms with E-state index in [0.29, 0.717) is 49.8 Å². The maximum Gasteiger partial charge on any atom is 0.405 e. The van der Waals surface area contributed by atoms with Gasteiger partial charge in [0.2, 0.25) is 27.7 Å². The Morgan fingerprint density at radius 2 is 1.94 bits per heavy atom. The summed E-state index contributed by atoms with van der Waals surface area (Å²) in [6, 6.07) is 3.37. The molecule has 15 nitrogen and oxygen atoms in total. The molecule has 0 radical (unpaired) electrons. The van der Waals surface area contributed by atoms with E-state index in [0.717, 1.165) is 24.0 Å². The minimum atomic E-state index is -4.00. The van der Waals surface area contributed by atoms with E-state index in [2.05, 4.69) is 32.2 Å². The van der Waals surface area contributed by atoms with Gasteiger partial charge in [0.25, 0.3) is 5.91 Å². The van der Waals surface area contributed by atoms with Crippen molar-refractivity contribution in [1.29, 1.82) is 0 Å². The summed E-state index contributed by atoms with van der Waals surface area (Å²) in [5.41, 5.74) is -0.610. The van der Waals surface area contributed by atoms with Gasteiger partial charge in [-0.2, -0.15) is 0 Å². The molecule has 4 heterocycles. The number of carbonyl (C=O) groups excluding carboxylic acids is 3. The number of hydrogen-bond donors (Lipinski definition) is 4. The first-order valence-corrected chi connectivity index (χ1v) is 20.4. The van der Waals surface area contributed by atoms with Crippen LogP contribution in [0.25, 0.3) is 10.8 Å². The summed E-state index contributed by atoms with van der Waals surface area (Å²) in [6.45, 7) is 6.75. The van der Waals surface area contributed by atoms with Gasteiger partial charge in [0, 0.05) is 36.4 Å². The molecule has 292 valence electrons. The second-order valence-electron chi connectivity index (χ2n) is 16.0. The number of benzene rings is 1. The monoisotopic (exact) mass is 766 g/mol. The predicted molar refractivity (Wildman–Crippen MR) is 200 cm³/mol. The summed E-state index contributed by atoms with van der Waals surface area (Å²) in [5, 5.41) is 16.7. The summed E-state index contributed by atoms with van der Waals surface area (Å²) < 4.78 is 40.1. The Balaban J connectivity index is 1.23. The highest BCUT2D eigenvalue weighted by molar-refractivity contribution is 7.91. The second-order valence-corrected chi connectivity index (χ2v) is 18.2. The smallest absolute Gasteiger partial charge is 0.405 e. The molecule has 0 bridgehead atoms. The molecule has 3 fully saturated rings. The van der Waals surface area contributed by atoms with Crippen LogP contribution in [0.15, 0.2) is 36.5 Å². The third-order valence-electron chi connectivity index (χ3n) is 12.1. The fourth-order valence-corrected chi connectivity index (χ4v) is 9.56. The minimum Gasteiger partial charge on any atom is -0.489 e. The molecule has 7 rings (SSSR count). The van der Waals surface area contributed by atoms with E-state index in [1.165, 1.54) is 4.90 Å². The molecule has 5 aliphatic rings. The number of likely N-dealkylation sites (N-methyl/N-ethyl adjacent to an activating group) is 1. The molecule has 2 aromatic rings. The van der Waals surface area contributed by atoms with Crippen molar-refractivity contribution in [3.63, 3.8) is 0 Å². The molecule has 1 saturated heterocycles. The number of nitrogens with zero attached hydrogens (tertiary/aromatic N) is 3. The van der Waals surface area contributed by atoms with Gasteiger partial charge in [-0.3, -0.25) is 19.1 Å². The van der Waals surface area contributed by atoms with Crippen LogP contribution in [-0.4, -0.2) is 102 Å². The zero-order chi connectivity index (χ0) is 38.6. The molecule has 0 spiro atoms. The third-order valence-corrected chi connectivity index (χ3v) is 14.2. The lowest BCUT2D eigenvalue weighted by Crippen LogP contribution is -2.59. The van der Waals surface area contributed by atoms with Gasteiger partial charge in [0.1, 0.15) is 30.3 Å². The topological polar surface area (TPSA) is 197 Å². The number of allylic oxidation sites excluding steroid dienone is 1. The van der Waals surface area contributed by atoms with Crippen LogP contribution in [-0.2, 0) is 24.4 Å². The lowest BCUT2D eigenvalue weighted by molar-refractivity contribution is -0.142. The molecule has 2 aliphatic carbocycles. The first-order valence-electron chi connectivity index (χ1n) is 18.9. The lowest BCUT2D eigenvalue weighted by Gasteiger charge is -2.33. The maximum atomic E-state index is 14.6. The highest BCUT2D eigenvalue weighted by Crippen LogP contribution is 2.48. The fourth-order valence-electron chi connectivity index (χ4n) is 8.25. The van der Waals surface area contributed by atoms with Crippen LogP contribution in [0.3, 0.4) is 0 Å². The zero-order valence-electron chi connectivity index (χ0n) is 31.2. The van der Waals surface area contributed by atoms with Gasteiger partial charge >= 0.3 is 6.09 Å². The highest BCUT2D eigenvalue weighted by atomic mass is 32.2. The van der Waals surface area contributed by atoms with Crippen LogP contribution in [0.5, 0.6) is 11.6 Å². The first kappa shape index (κ1) is 37.7. The number of fused-ring (bicyclic) bond motifs is 5. The van der Waals surface area contributed by atoms with E-state index >= 15 is 0 Å². The quantitative estimate of drug-likeness (QED) is 0.302. The molecular formula is C38H50N6O9S. The van der Waals surface area contributed by atoms with Gasteiger partial charge < -0.3 is 35.0 Å². The fraction of sp³-hybridized carbons (Fsp3) is 0.605. The van der Waals surface area contributed by atoms with E-state index in [1.54, 1.807) is 13.1 Å². The summed E-state index contributed by atoms with van der Waals surface area (Å²) in [7, 11) is -2.01. The molecule has 0 unspecified atom stereocenters. The van der Waals surface area contributed by atoms with Gasteiger partial charge in [-0.05, 0) is 75.5 Å². The SMILES string of the molecule is CC[C@@H]1C[C@@H](C)CCC=C[C@@H]2C[C@@]2(C(=O)NS(=O)(=O)C2(C)CC2)NC(=O)[C@@H]2C[C@@H](Oc3nccc4c5c(ccc34)N(C)CCO5)CN2C(=O)[C@H]1NC(=O)O. The van der Waals surface area contributed by atoms with E-state index in [9.17, 15) is 32.7 Å². The minimum absolute atomic E-state index is 0.0153. The van der Waals surface area contributed by atoms with E-state index in [-0.39, 0.29) is 37.1 Å². The Morgan fingerprint density at radius 1 is 1.17 bits per heavy atom. The number of anilines is 1. The van der Waals surface area contributed by atoms with Crippen molar-refractivity contribution in [2.75, 3.05) is 31.6 Å². The van der Waals surface area contributed by atoms with Crippen LogP contribution >= 0.6 is 0 Å². The molecule has 3 aliphatic heterocycles. The van der Waals surface area contributed by atoms with Gasteiger partial charge in [0.05, 0.1) is 23.5 Å². The molecular weight excluding hydrogens is 717 g/mol. The first-order chi connectivity index (χ1) is 25.7. The maximum absolute atomic E-state index is 14.6. The number of carbonyl (C=O) groups is 4. The van der Waals surface area contributed by atoms with Crippen LogP contribution < -0.4 is 29.7 Å². The largest absolute Gasteiger partial charge is 0.489 e. The molecule has 1 aromatic heterocycles. The number of amides is 4. The molecule has 4 N–H and O–H groups in total. The van der Waals surface area contributed by atoms with E-state index < -0.39 is 68.2 Å². The van der Waals surface area contributed by atoms with Crippen molar-refractivity contribution in [2.45, 2.75) is 101 Å². The number of pyridine rings is 1. The zero-order valence-corrected chi connectivity index (χ0v) is 32.0. The summed E-state index contributed by atoms with van der Waals surface area (Å²) in [5.74, 6) is -1.73. The number of rotatable bonds is 7. The normalized spacial score (nSPS) is 30.7. The van der Waals surface area contributed by atoms with Crippen molar-refractivity contribution in [3.05, 3.63) is 36.5 Å². The molecule has 1 aromatic carbocycles. The van der Waals surface area contributed by atoms with Crippen molar-refractivity contribution >= 4 is 50.3 Å². The second kappa shape index (κ2) is 14.2. The van der Waals surface area contributed by atoms with Gasteiger partial charge in [-0.25, -0.2) is 18.2 Å². The number of sulfonamides is 1. The van der Waals surface area contributed by atoms with E-state index in [1.807, 2.05) is 44.3 Å². The average Bonchev–Trinajstić information content (AvgIpc) is 4.01. The van der Waals surface area contributed by atoms with E-state index in [4.69, 9.17) is 9.47 Å². The predicted octanol–water partition coefficient (Wildman–Crippen LogP) is 3.32. The Morgan fingerprint density at radius 3 is 2.67 bits per heavy atom. The number of nitrogens with one attached hydrogen (secondary N) is 3. The van der Waals surface area contributed by atoms with Crippen LogP contribution in [0.2, 0.25) is 0 Å². The Hall–Kier alpha value is -4.60. The van der Waals surface area contributed by atoms with Crippen molar-refractivity contribution in [1.82, 2.24) is 25.2 Å². The summed E-state index contributed by atoms with van der Waals surface area (Å²) in [4.78, 5) is 63.0. The molecule has 4 amide bonds. The molecule has 16 heteroatoms. The highest BCUT2D eigenvalue weighted by Gasteiger charge is 2.63. The number of carboxylic acid groups (broad SMARTS) is 1. The average molecular weight is 767 g/mol. The number of aromatic nitrogens is 1. The summed E-state index contributed by atoms with van der Waals surface area (Å²) in [6.07, 6.45) is 6.88. The Labute approximate surface area is 315 Å². The van der Waals surface area contributed by atoms with Crippen LogP contribution in [0.4, 0.5) is 10.5 Å². The van der Waals surface area contributed by atoms with Crippen molar-refractivity contribution in [3.8, 4) is 11.6 Å². The summed E-state index contributed by atoms with van der Waals surface area (Å²) >= 11 is 0. The van der Waals surface area contributed by atoms with Gasteiger partial charge in [-0.1, -0.05) is 32.4 Å². The molecule has 54 heavy (non-hydrogen) atoms.